The van der Waals surface area contributed by atoms with Crippen LogP contribution in [0.5, 0.6) is 6.01 Å². The normalized spacial score (nSPS) is 18.3. The third kappa shape index (κ3) is 7.41. The second kappa shape index (κ2) is 15.9. The Hall–Kier alpha value is -3.70. The Balaban J connectivity index is 0.00000250. The number of allylic oxidation sites excluding steroid dienone is 1. The number of likely N-dealkylation sites (N-methyl/N-ethyl adjacent to an activating group) is 1. The quantitative estimate of drug-likeness (QED) is 0.170. The van der Waals surface area contributed by atoms with Crippen molar-refractivity contribution in [3.05, 3.63) is 77.0 Å². The van der Waals surface area contributed by atoms with Gasteiger partial charge in [0.05, 0.1) is 5.39 Å². The lowest BCUT2D eigenvalue weighted by Crippen LogP contribution is -2.56. The molecule has 2 aliphatic rings. The average molecular weight is 700 g/mol. The fraction of sp³-hybridized carbons (Fsp3) is 0.364. The lowest BCUT2D eigenvalue weighted by atomic mass is 10.0. The molecule has 0 spiro atoms. The van der Waals surface area contributed by atoms with E-state index in [1.807, 2.05) is 36.2 Å². The zero-order chi connectivity index (χ0) is 31.5. The number of hydrogen-bond acceptors (Lipinski definition) is 7. The number of rotatable bonds is 8. The first-order valence-corrected chi connectivity index (χ1v) is 15.3. The van der Waals surface area contributed by atoms with E-state index in [9.17, 15) is 9.18 Å². The summed E-state index contributed by atoms with van der Waals surface area (Å²) in [5, 5.41) is 2.41. The van der Waals surface area contributed by atoms with Crippen molar-refractivity contribution in [2.24, 2.45) is 0 Å². The summed E-state index contributed by atoms with van der Waals surface area (Å²) < 4.78 is 35.4. The molecule has 2 aromatic carbocycles. The standard InChI is InChI=1S/C33H32ClF2N7O2.2H2S/c1-37-17-23-19-42(15-16-43(23)27(44)12-5-13-35)32-25-18-38-30(24-10-3-7-21-8-4-11-26(34)28(21)24)29(36)31(25)39-33(40-32)45-20-22-9-6-14-41(22)2;;/h3-5,7-8,10-12,18,22-23H,6,9,13-17,19-20H2,2H3;2*1H2/b12-5+;;/t22-,23-;;/m0../s1. The topological polar surface area (TPSA) is 79.1 Å². The summed E-state index contributed by atoms with van der Waals surface area (Å²) in [6.07, 6.45) is 5.95. The molecule has 14 heteroatoms. The number of amides is 1. The van der Waals surface area contributed by atoms with E-state index in [2.05, 4.69) is 19.7 Å². The maximum atomic E-state index is 16.6. The Bertz CT molecular complexity index is 1820. The average Bonchev–Trinajstić information content (AvgIpc) is 3.47. The lowest BCUT2D eigenvalue weighted by molar-refractivity contribution is -0.128. The summed E-state index contributed by atoms with van der Waals surface area (Å²) in [6.45, 7) is 8.97. The second-order valence-corrected chi connectivity index (χ2v) is 11.7. The number of piperazine rings is 1. The molecular weight excluding hydrogens is 664 g/mol. The van der Waals surface area contributed by atoms with Crippen molar-refractivity contribution in [1.29, 1.82) is 0 Å². The van der Waals surface area contributed by atoms with Gasteiger partial charge in [-0.25, -0.2) is 15.4 Å². The molecule has 4 heterocycles. The number of alkyl halides is 1. The van der Waals surface area contributed by atoms with Gasteiger partial charge in [-0.05, 0) is 44.0 Å². The van der Waals surface area contributed by atoms with Crippen LogP contribution in [0.3, 0.4) is 0 Å². The van der Waals surface area contributed by atoms with Crippen LogP contribution in [0.4, 0.5) is 14.6 Å². The minimum atomic E-state index is -0.753. The van der Waals surface area contributed by atoms with Crippen LogP contribution in [0.2, 0.25) is 5.02 Å². The summed E-state index contributed by atoms with van der Waals surface area (Å²) in [7, 11) is 2.04. The number of pyridine rings is 1. The molecule has 0 radical (unpaired) electrons. The highest BCUT2D eigenvalue weighted by Gasteiger charge is 2.34. The number of carbonyl (C=O) groups is 1. The number of ether oxygens (including phenoxy) is 1. The van der Waals surface area contributed by atoms with Crippen molar-refractivity contribution in [3.63, 3.8) is 0 Å². The molecule has 6 rings (SSSR count). The van der Waals surface area contributed by atoms with E-state index in [4.69, 9.17) is 27.9 Å². The molecule has 2 aliphatic heterocycles. The van der Waals surface area contributed by atoms with Crippen molar-refractivity contribution in [3.8, 4) is 17.3 Å². The van der Waals surface area contributed by atoms with E-state index in [0.29, 0.717) is 40.3 Å². The van der Waals surface area contributed by atoms with E-state index in [1.165, 1.54) is 6.08 Å². The van der Waals surface area contributed by atoms with Crippen molar-refractivity contribution in [2.45, 2.75) is 24.9 Å². The van der Waals surface area contributed by atoms with Crippen LogP contribution in [0.25, 0.3) is 37.8 Å². The first-order chi connectivity index (χ1) is 21.9. The highest BCUT2D eigenvalue weighted by molar-refractivity contribution is 7.59. The van der Waals surface area contributed by atoms with Crippen LogP contribution in [0.15, 0.2) is 54.7 Å². The summed E-state index contributed by atoms with van der Waals surface area (Å²) in [5.41, 5.74) is 0.696. The SMILES string of the molecule is S.S.[C-]#[N+]C[C@H]1CN(c2nc(OC[C@@H]3CCCN3C)nc3c(F)c(-c4cccc5cccc(Cl)c45)ncc23)CCN1C(=O)/C=C/CF. The van der Waals surface area contributed by atoms with Gasteiger partial charge >= 0.3 is 6.01 Å². The van der Waals surface area contributed by atoms with Crippen molar-refractivity contribution in [2.75, 3.05) is 58.0 Å². The van der Waals surface area contributed by atoms with Gasteiger partial charge in [0, 0.05) is 53.9 Å². The highest BCUT2D eigenvalue weighted by atomic mass is 35.5. The minimum Gasteiger partial charge on any atom is -0.462 e. The van der Waals surface area contributed by atoms with Gasteiger partial charge in [0.25, 0.3) is 0 Å². The predicted octanol–water partition coefficient (Wildman–Crippen LogP) is 5.80. The monoisotopic (exact) mass is 699 g/mol. The Labute approximate surface area is 291 Å². The number of hydrogen-bond donors (Lipinski definition) is 0. The number of anilines is 1. The summed E-state index contributed by atoms with van der Waals surface area (Å²) in [5.74, 6) is -0.580. The Kier molecular flexibility index (Phi) is 12.2. The van der Waals surface area contributed by atoms with E-state index in [1.54, 1.807) is 23.2 Å². The van der Waals surface area contributed by atoms with Crippen LogP contribution in [0, 0.1) is 12.4 Å². The smallest absolute Gasteiger partial charge is 0.319 e. The minimum absolute atomic E-state index is 0. The number of halogens is 3. The van der Waals surface area contributed by atoms with Crippen molar-refractivity contribution >= 4 is 72.0 Å². The largest absolute Gasteiger partial charge is 0.462 e. The van der Waals surface area contributed by atoms with Crippen LogP contribution in [-0.2, 0) is 4.79 Å². The first-order valence-electron chi connectivity index (χ1n) is 14.9. The molecule has 0 saturated carbocycles. The number of carbonyl (C=O) groups excluding carboxylic acids is 1. The number of benzene rings is 2. The molecule has 0 unspecified atom stereocenters. The van der Waals surface area contributed by atoms with Gasteiger partial charge in [-0.3, -0.25) is 9.78 Å². The number of nitrogens with zero attached hydrogens (tertiary/aromatic N) is 7. The fourth-order valence-corrected chi connectivity index (χ4v) is 6.49. The van der Waals surface area contributed by atoms with Crippen LogP contribution < -0.4 is 9.64 Å². The number of fused-ring (bicyclic) bond motifs is 2. The maximum Gasteiger partial charge on any atom is 0.319 e. The van der Waals surface area contributed by atoms with Crippen LogP contribution >= 0.6 is 38.6 Å². The lowest BCUT2D eigenvalue weighted by Gasteiger charge is -2.39. The van der Waals surface area contributed by atoms with Gasteiger partial charge in [0.1, 0.15) is 36.4 Å². The molecule has 47 heavy (non-hydrogen) atoms. The summed E-state index contributed by atoms with van der Waals surface area (Å²) in [6, 6.07) is 10.8. The molecule has 0 bridgehead atoms. The molecule has 0 aliphatic carbocycles. The van der Waals surface area contributed by atoms with Gasteiger partial charge in [-0.15, -0.1) is 0 Å². The Morgan fingerprint density at radius 1 is 1.15 bits per heavy atom. The maximum absolute atomic E-state index is 16.6. The molecule has 9 nitrogen and oxygen atoms in total. The Morgan fingerprint density at radius 2 is 1.94 bits per heavy atom. The third-order valence-electron chi connectivity index (χ3n) is 8.55. The number of aromatic nitrogens is 3. The van der Waals surface area contributed by atoms with Crippen molar-refractivity contribution in [1.82, 2.24) is 24.8 Å². The van der Waals surface area contributed by atoms with E-state index < -0.39 is 18.5 Å². The van der Waals surface area contributed by atoms with Crippen molar-refractivity contribution < 1.29 is 18.3 Å². The van der Waals surface area contributed by atoms with Gasteiger partial charge in [-0.1, -0.05) is 41.9 Å². The Morgan fingerprint density at radius 3 is 2.66 bits per heavy atom. The van der Waals surface area contributed by atoms with E-state index in [0.717, 1.165) is 30.8 Å². The zero-order valence-electron chi connectivity index (χ0n) is 25.8. The zero-order valence-corrected chi connectivity index (χ0v) is 28.6. The van der Waals surface area contributed by atoms with Gasteiger partial charge in [0.15, 0.2) is 5.82 Å². The third-order valence-corrected chi connectivity index (χ3v) is 8.86. The highest BCUT2D eigenvalue weighted by Crippen LogP contribution is 2.37. The molecule has 2 aromatic heterocycles. The predicted molar refractivity (Wildman–Crippen MR) is 191 cm³/mol. The molecular formula is C33H36ClF2N7O2S2. The summed E-state index contributed by atoms with van der Waals surface area (Å²) in [4.78, 5) is 35.8. The molecule has 2 fully saturated rings. The van der Waals surface area contributed by atoms with Crippen LogP contribution in [-0.4, -0.2) is 95.8 Å². The molecule has 2 atom stereocenters. The van der Waals surface area contributed by atoms with Gasteiger partial charge in [-0.2, -0.15) is 37.0 Å². The first kappa shape index (κ1) is 36.1. The molecule has 0 N–H and O–H groups in total. The van der Waals surface area contributed by atoms with Crippen LogP contribution in [0.1, 0.15) is 12.8 Å². The van der Waals surface area contributed by atoms with Gasteiger partial charge < -0.3 is 24.3 Å². The second-order valence-electron chi connectivity index (χ2n) is 11.3. The fourth-order valence-electron chi connectivity index (χ4n) is 6.21. The molecule has 2 saturated heterocycles. The molecule has 1 amide bonds. The summed E-state index contributed by atoms with van der Waals surface area (Å²) >= 11 is 6.57. The number of likely N-dealkylation sites (tertiary alicyclic amines) is 1. The van der Waals surface area contributed by atoms with E-state index >= 15 is 4.39 Å². The van der Waals surface area contributed by atoms with E-state index in [-0.39, 0.29) is 75.8 Å². The molecule has 4 aromatic rings. The van der Waals surface area contributed by atoms with Gasteiger partial charge in [0.2, 0.25) is 12.5 Å². The molecule has 248 valence electrons.